The number of hydrogen-bond donors (Lipinski definition) is 2. The number of halogens is 5. The second-order valence-electron chi connectivity index (χ2n) is 7.42. The third kappa shape index (κ3) is 4.05. The van der Waals surface area contributed by atoms with Crippen LogP contribution < -0.4 is 4.90 Å². The first-order valence-corrected chi connectivity index (χ1v) is 9.81. The molecule has 0 spiro atoms. The van der Waals surface area contributed by atoms with E-state index in [0.717, 1.165) is 17.2 Å². The molecule has 3 aromatic rings. The number of pyridine rings is 1. The van der Waals surface area contributed by atoms with Crippen LogP contribution >= 0.6 is 11.6 Å². The Kier molecular flexibility index (Phi) is 5.41. The van der Waals surface area contributed by atoms with E-state index < -0.39 is 35.1 Å². The van der Waals surface area contributed by atoms with Crippen LogP contribution in [-0.2, 0) is 22.2 Å². The minimum absolute atomic E-state index is 0.0414. The van der Waals surface area contributed by atoms with Gasteiger partial charge in [0, 0.05) is 24.4 Å². The van der Waals surface area contributed by atoms with Gasteiger partial charge >= 0.3 is 6.18 Å². The molecule has 7 nitrogen and oxygen atoms in total. The minimum Gasteiger partial charge on any atom is -0.373 e. The fourth-order valence-electron chi connectivity index (χ4n) is 3.60. The number of hydrogen-bond acceptors (Lipinski definition) is 5. The van der Waals surface area contributed by atoms with Crippen LogP contribution in [0, 0.1) is 5.82 Å². The SMILES string of the molecule is O=C(CCc1cc(F)cc(Cl)c1)C1(O)CCN(c2cnc3nc(C(F)(F)F)[nH]c3c2)C1=O. The standard InChI is InChI=1S/C20H15ClF4N4O3/c21-11-5-10(6-12(22)7-11)1-2-15(30)19(32)3-4-29(18(19)31)13-8-14-16(26-9-13)28-17(27-14)20(23,24)25/h5-9,32H,1-4H2,(H,26,27,28). The van der Waals surface area contributed by atoms with Crippen LogP contribution in [-0.4, -0.2) is 43.9 Å². The van der Waals surface area contributed by atoms with Gasteiger partial charge in [0.2, 0.25) is 11.4 Å². The zero-order chi connectivity index (χ0) is 23.3. The number of nitrogens with one attached hydrogen (secondary N) is 1. The van der Waals surface area contributed by atoms with Crippen LogP contribution in [0.5, 0.6) is 0 Å². The van der Waals surface area contributed by atoms with E-state index in [-0.39, 0.29) is 47.7 Å². The number of imidazole rings is 1. The van der Waals surface area contributed by atoms with Crippen LogP contribution in [0.1, 0.15) is 24.2 Å². The molecule has 168 valence electrons. The van der Waals surface area contributed by atoms with Gasteiger partial charge in [-0.2, -0.15) is 13.2 Å². The van der Waals surface area contributed by atoms with Gasteiger partial charge in [-0.05, 0) is 36.2 Å². The molecule has 0 saturated carbocycles. The molecule has 1 aliphatic rings. The van der Waals surface area contributed by atoms with Crippen molar-refractivity contribution >= 4 is 40.1 Å². The van der Waals surface area contributed by atoms with Gasteiger partial charge in [0.1, 0.15) is 5.82 Å². The second-order valence-corrected chi connectivity index (χ2v) is 7.85. The molecule has 12 heteroatoms. The van der Waals surface area contributed by atoms with E-state index in [4.69, 9.17) is 11.6 Å². The Balaban J connectivity index is 1.51. The molecule has 1 aliphatic heterocycles. The maximum absolute atomic E-state index is 13.5. The Morgan fingerprint density at radius 2 is 2.03 bits per heavy atom. The number of fused-ring (bicyclic) bond motifs is 1. The zero-order valence-corrected chi connectivity index (χ0v) is 17.0. The smallest absolute Gasteiger partial charge is 0.373 e. The fourth-order valence-corrected chi connectivity index (χ4v) is 3.85. The van der Waals surface area contributed by atoms with Gasteiger partial charge in [-0.15, -0.1) is 0 Å². The van der Waals surface area contributed by atoms with E-state index in [1.165, 1.54) is 18.2 Å². The number of carbonyl (C=O) groups is 2. The van der Waals surface area contributed by atoms with Crippen molar-refractivity contribution in [3.8, 4) is 0 Å². The summed E-state index contributed by atoms with van der Waals surface area (Å²) >= 11 is 5.79. The predicted molar refractivity (Wildman–Crippen MR) is 106 cm³/mol. The molecule has 1 amide bonds. The monoisotopic (exact) mass is 470 g/mol. The molecule has 1 atom stereocenters. The Bertz CT molecular complexity index is 1210. The normalized spacial score (nSPS) is 19.2. The number of alkyl halides is 3. The van der Waals surface area contributed by atoms with Gasteiger partial charge in [-0.1, -0.05) is 11.6 Å². The van der Waals surface area contributed by atoms with E-state index in [9.17, 15) is 32.3 Å². The molecule has 4 rings (SSSR count). The highest BCUT2D eigenvalue weighted by Crippen LogP contribution is 2.33. The van der Waals surface area contributed by atoms with Crippen molar-refractivity contribution in [3.05, 3.63) is 52.7 Å². The Morgan fingerprint density at radius 3 is 2.72 bits per heavy atom. The quantitative estimate of drug-likeness (QED) is 0.439. The lowest BCUT2D eigenvalue weighted by Gasteiger charge is -2.21. The summed E-state index contributed by atoms with van der Waals surface area (Å²) in [5.41, 5.74) is -1.98. The molecule has 3 heterocycles. The molecular formula is C20H15ClF4N4O3. The highest BCUT2D eigenvalue weighted by molar-refractivity contribution is 6.30. The highest BCUT2D eigenvalue weighted by Gasteiger charge is 2.51. The minimum atomic E-state index is -4.69. The molecule has 1 aromatic carbocycles. The van der Waals surface area contributed by atoms with Crippen LogP contribution in [0.3, 0.4) is 0 Å². The summed E-state index contributed by atoms with van der Waals surface area (Å²) in [5.74, 6) is -3.46. The number of carbonyl (C=O) groups excluding carboxylic acids is 2. The number of aromatic nitrogens is 3. The van der Waals surface area contributed by atoms with E-state index in [0.29, 0.717) is 5.56 Å². The lowest BCUT2D eigenvalue weighted by molar-refractivity contribution is -0.147. The first-order chi connectivity index (χ1) is 15.0. The summed E-state index contributed by atoms with van der Waals surface area (Å²) in [7, 11) is 0. The maximum atomic E-state index is 13.5. The molecular weight excluding hydrogens is 456 g/mol. The summed E-state index contributed by atoms with van der Waals surface area (Å²) in [6.07, 6.45) is -3.92. The van der Waals surface area contributed by atoms with Crippen molar-refractivity contribution in [2.45, 2.75) is 31.0 Å². The second kappa shape index (κ2) is 7.82. The molecule has 1 saturated heterocycles. The molecule has 0 aliphatic carbocycles. The predicted octanol–water partition coefficient (Wildman–Crippen LogP) is 3.44. The van der Waals surface area contributed by atoms with E-state index in [2.05, 4.69) is 15.0 Å². The summed E-state index contributed by atoms with van der Waals surface area (Å²) in [5, 5.41) is 10.9. The maximum Gasteiger partial charge on any atom is 0.449 e. The van der Waals surface area contributed by atoms with Crippen molar-refractivity contribution < 1.29 is 32.3 Å². The first kappa shape index (κ1) is 22.2. The van der Waals surface area contributed by atoms with Gasteiger partial charge in [0.25, 0.3) is 5.91 Å². The first-order valence-electron chi connectivity index (χ1n) is 9.43. The van der Waals surface area contributed by atoms with Crippen molar-refractivity contribution in [2.75, 3.05) is 11.4 Å². The third-order valence-corrected chi connectivity index (χ3v) is 5.44. The largest absolute Gasteiger partial charge is 0.449 e. The number of rotatable bonds is 5. The molecule has 32 heavy (non-hydrogen) atoms. The molecule has 2 aromatic heterocycles. The van der Waals surface area contributed by atoms with E-state index >= 15 is 0 Å². The Hall–Kier alpha value is -3.05. The Labute approximate surface area is 183 Å². The van der Waals surface area contributed by atoms with E-state index in [1.807, 2.05) is 0 Å². The van der Waals surface area contributed by atoms with Gasteiger partial charge in [-0.25, -0.2) is 14.4 Å². The van der Waals surface area contributed by atoms with Crippen LogP contribution in [0.2, 0.25) is 5.02 Å². The van der Waals surface area contributed by atoms with Crippen LogP contribution in [0.4, 0.5) is 23.2 Å². The summed E-state index contributed by atoms with van der Waals surface area (Å²) in [6, 6.07) is 5.03. The fraction of sp³-hybridized carbons (Fsp3) is 0.300. The lowest BCUT2D eigenvalue weighted by Crippen LogP contribution is -2.47. The number of aliphatic hydroxyl groups is 1. The van der Waals surface area contributed by atoms with Crippen LogP contribution in [0.15, 0.2) is 30.5 Å². The van der Waals surface area contributed by atoms with Crippen molar-refractivity contribution in [2.24, 2.45) is 0 Å². The molecule has 1 fully saturated rings. The highest BCUT2D eigenvalue weighted by atomic mass is 35.5. The third-order valence-electron chi connectivity index (χ3n) is 5.22. The number of aryl methyl sites for hydroxylation is 1. The van der Waals surface area contributed by atoms with Crippen molar-refractivity contribution in [3.63, 3.8) is 0 Å². The number of amides is 1. The van der Waals surface area contributed by atoms with Crippen LogP contribution in [0.25, 0.3) is 11.2 Å². The number of Topliss-reactive ketones (excluding diaryl/α,β-unsaturated/α-hetero) is 1. The topological polar surface area (TPSA) is 99.2 Å². The van der Waals surface area contributed by atoms with Crippen molar-refractivity contribution in [1.29, 1.82) is 0 Å². The number of anilines is 1. The number of nitrogens with zero attached hydrogens (tertiary/aromatic N) is 3. The Morgan fingerprint density at radius 1 is 1.28 bits per heavy atom. The summed E-state index contributed by atoms with van der Waals surface area (Å²) in [6.45, 7) is -0.0414. The van der Waals surface area contributed by atoms with Crippen molar-refractivity contribution in [1.82, 2.24) is 15.0 Å². The van der Waals surface area contributed by atoms with Gasteiger partial charge < -0.3 is 15.0 Å². The van der Waals surface area contributed by atoms with E-state index in [1.54, 1.807) is 0 Å². The summed E-state index contributed by atoms with van der Waals surface area (Å²) in [4.78, 5) is 35.8. The number of benzene rings is 1. The molecule has 0 radical (unpaired) electrons. The van der Waals surface area contributed by atoms with Gasteiger partial charge in [0.15, 0.2) is 11.4 Å². The number of H-pyrrole nitrogens is 1. The molecule has 2 N–H and O–H groups in total. The zero-order valence-electron chi connectivity index (χ0n) is 16.2. The average molecular weight is 471 g/mol. The number of aromatic amines is 1. The molecule has 1 unspecified atom stereocenters. The van der Waals surface area contributed by atoms with Gasteiger partial charge in [-0.3, -0.25) is 9.59 Å². The lowest BCUT2D eigenvalue weighted by atomic mass is 9.92. The summed E-state index contributed by atoms with van der Waals surface area (Å²) < 4.78 is 52.0. The average Bonchev–Trinajstić information content (AvgIpc) is 3.27. The van der Waals surface area contributed by atoms with Gasteiger partial charge in [0.05, 0.1) is 17.4 Å². The number of ketones is 1. The molecule has 0 bridgehead atoms.